The van der Waals surface area contributed by atoms with Crippen LogP contribution in [0.4, 0.5) is 0 Å². The highest BCUT2D eigenvalue weighted by atomic mass is 127. The standard InChI is InChI=1S/C11H13ClIN3O2/c1-2-9(10(14)16-18)15-11(17)7-5-6(12)3-4-8(7)13/h3-5,9,18H,2H2,1H3,(H2,14,16)(H,15,17). The highest BCUT2D eigenvalue weighted by Crippen LogP contribution is 2.18. The summed E-state index contributed by atoms with van der Waals surface area (Å²) in [5.41, 5.74) is 5.94. The van der Waals surface area contributed by atoms with Crippen molar-refractivity contribution in [2.45, 2.75) is 19.4 Å². The van der Waals surface area contributed by atoms with Crippen molar-refractivity contribution in [1.29, 1.82) is 0 Å². The van der Waals surface area contributed by atoms with Gasteiger partial charge < -0.3 is 16.3 Å². The predicted molar refractivity (Wildman–Crippen MR) is 79.1 cm³/mol. The number of amidine groups is 1. The Balaban J connectivity index is 2.91. The molecule has 1 aromatic carbocycles. The number of nitrogens with two attached hydrogens (primary N) is 1. The lowest BCUT2D eigenvalue weighted by molar-refractivity contribution is 0.0944. The molecule has 0 aromatic heterocycles. The molecule has 7 heteroatoms. The van der Waals surface area contributed by atoms with E-state index in [1.165, 1.54) is 0 Å². The third kappa shape index (κ3) is 3.74. The van der Waals surface area contributed by atoms with E-state index in [-0.39, 0.29) is 11.7 Å². The van der Waals surface area contributed by atoms with Crippen LogP contribution in [-0.2, 0) is 0 Å². The van der Waals surface area contributed by atoms with Crippen LogP contribution in [0, 0.1) is 3.57 Å². The van der Waals surface area contributed by atoms with Crippen molar-refractivity contribution in [1.82, 2.24) is 5.32 Å². The third-order valence-electron chi connectivity index (χ3n) is 2.36. The summed E-state index contributed by atoms with van der Waals surface area (Å²) >= 11 is 7.90. The fraction of sp³-hybridized carbons (Fsp3) is 0.273. The van der Waals surface area contributed by atoms with Gasteiger partial charge in [0.15, 0.2) is 5.84 Å². The van der Waals surface area contributed by atoms with Gasteiger partial charge in [-0.05, 0) is 47.2 Å². The number of amides is 1. The van der Waals surface area contributed by atoms with E-state index < -0.39 is 6.04 Å². The maximum atomic E-state index is 12.0. The molecule has 0 heterocycles. The summed E-state index contributed by atoms with van der Waals surface area (Å²) in [5, 5.41) is 14.7. The molecule has 0 spiro atoms. The summed E-state index contributed by atoms with van der Waals surface area (Å²) in [6.45, 7) is 1.83. The van der Waals surface area contributed by atoms with E-state index in [0.29, 0.717) is 17.0 Å². The summed E-state index contributed by atoms with van der Waals surface area (Å²) in [6, 6.07) is 4.54. The lowest BCUT2D eigenvalue weighted by Crippen LogP contribution is -2.44. The molecule has 5 nitrogen and oxygen atoms in total. The summed E-state index contributed by atoms with van der Waals surface area (Å²) < 4.78 is 0.781. The van der Waals surface area contributed by atoms with Gasteiger partial charge in [0.2, 0.25) is 0 Å². The lowest BCUT2D eigenvalue weighted by atomic mass is 10.1. The van der Waals surface area contributed by atoms with E-state index in [9.17, 15) is 4.79 Å². The van der Waals surface area contributed by atoms with E-state index in [1.807, 2.05) is 29.5 Å². The van der Waals surface area contributed by atoms with Crippen LogP contribution in [0.15, 0.2) is 23.4 Å². The molecule has 18 heavy (non-hydrogen) atoms. The van der Waals surface area contributed by atoms with Crippen LogP contribution >= 0.6 is 34.2 Å². The van der Waals surface area contributed by atoms with E-state index >= 15 is 0 Å². The smallest absolute Gasteiger partial charge is 0.252 e. The number of nitrogens with zero attached hydrogens (tertiary/aromatic N) is 1. The topological polar surface area (TPSA) is 87.7 Å². The van der Waals surface area contributed by atoms with Gasteiger partial charge in [-0.1, -0.05) is 23.7 Å². The maximum Gasteiger partial charge on any atom is 0.252 e. The number of benzene rings is 1. The minimum atomic E-state index is -0.503. The summed E-state index contributed by atoms with van der Waals surface area (Å²) in [7, 11) is 0. The molecular weight excluding hydrogens is 368 g/mol. The monoisotopic (exact) mass is 381 g/mol. The van der Waals surface area contributed by atoms with Gasteiger partial charge in [-0.2, -0.15) is 0 Å². The molecule has 0 radical (unpaired) electrons. The van der Waals surface area contributed by atoms with Crippen LogP contribution in [0.25, 0.3) is 0 Å². The minimum Gasteiger partial charge on any atom is -0.409 e. The summed E-state index contributed by atoms with van der Waals surface area (Å²) in [6.07, 6.45) is 0.527. The highest BCUT2D eigenvalue weighted by molar-refractivity contribution is 14.1. The molecule has 1 amide bonds. The van der Waals surface area contributed by atoms with Crippen LogP contribution in [0.5, 0.6) is 0 Å². The van der Waals surface area contributed by atoms with Crippen molar-refractivity contribution in [3.05, 3.63) is 32.4 Å². The average Bonchev–Trinajstić information content (AvgIpc) is 2.37. The number of oxime groups is 1. The van der Waals surface area contributed by atoms with Gasteiger partial charge in [0.25, 0.3) is 5.91 Å². The second-order valence-corrected chi connectivity index (χ2v) is 5.18. The van der Waals surface area contributed by atoms with Gasteiger partial charge in [-0.15, -0.1) is 0 Å². The van der Waals surface area contributed by atoms with Crippen molar-refractivity contribution >= 4 is 45.9 Å². The second-order valence-electron chi connectivity index (χ2n) is 3.58. The highest BCUT2D eigenvalue weighted by Gasteiger charge is 2.17. The number of carbonyl (C=O) groups is 1. The molecule has 0 saturated carbocycles. The number of carbonyl (C=O) groups excluding carboxylic acids is 1. The molecule has 0 aliphatic carbocycles. The molecule has 1 unspecified atom stereocenters. The Morgan fingerprint density at radius 2 is 2.33 bits per heavy atom. The summed E-state index contributed by atoms with van der Waals surface area (Å²) in [4.78, 5) is 12.0. The first-order chi connectivity index (χ1) is 8.49. The van der Waals surface area contributed by atoms with E-state index in [1.54, 1.807) is 18.2 Å². The predicted octanol–water partition coefficient (Wildman–Crippen LogP) is 2.20. The van der Waals surface area contributed by atoms with Gasteiger partial charge >= 0.3 is 0 Å². The zero-order chi connectivity index (χ0) is 13.7. The average molecular weight is 382 g/mol. The number of nitrogens with one attached hydrogen (secondary N) is 1. The zero-order valence-corrected chi connectivity index (χ0v) is 12.6. The van der Waals surface area contributed by atoms with Gasteiger partial charge in [-0.25, -0.2) is 0 Å². The molecule has 0 aliphatic rings. The van der Waals surface area contributed by atoms with Crippen LogP contribution in [0.2, 0.25) is 5.02 Å². The Hall–Kier alpha value is -1.02. The minimum absolute atomic E-state index is 0.0251. The van der Waals surface area contributed by atoms with Gasteiger partial charge in [0, 0.05) is 8.59 Å². The van der Waals surface area contributed by atoms with Crippen LogP contribution in [0.1, 0.15) is 23.7 Å². The van der Waals surface area contributed by atoms with Crippen LogP contribution in [0.3, 0.4) is 0 Å². The Morgan fingerprint density at radius 1 is 1.67 bits per heavy atom. The first-order valence-electron chi connectivity index (χ1n) is 5.23. The van der Waals surface area contributed by atoms with Crippen molar-refractivity contribution in [3.8, 4) is 0 Å². The van der Waals surface area contributed by atoms with E-state index in [4.69, 9.17) is 22.5 Å². The Bertz CT molecular complexity index is 479. The number of hydrogen-bond donors (Lipinski definition) is 3. The van der Waals surface area contributed by atoms with E-state index in [2.05, 4.69) is 10.5 Å². The molecule has 1 aromatic rings. The third-order valence-corrected chi connectivity index (χ3v) is 3.53. The van der Waals surface area contributed by atoms with Crippen molar-refractivity contribution < 1.29 is 10.0 Å². The molecule has 0 aliphatic heterocycles. The van der Waals surface area contributed by atoms with Gasteiger partial charge in [-0.3, -0.25) is 4.79 Å². The number of hydrogen-bond acceptors (Lipinski definition) is 3. The zero-order valence-electron chi connectivity index (χ0n) is 9.65. The molecule has 1 rings (SSSR count). The molecule has 0 fully saturated rings. The first-order valence-corrected chi connectivity index (χ1v) is 6.68. The fourth-order valence-electron chi connectivity index (χ4n) is 1.36. The molecule has 0 saturated heterocycles. The maximum absolute atomic E-state index is 12.0. The largest absolute Gasteiger partial charge is 0.409 e. The van der Waals surface area contributed by atoms with Crippen LogP contribution < -0.4 is 11.1 Å². The normalized spacial score (nSPS) is 13.2. The summed E-state index contributed by atoms with van der Waals surface area (Å²) in [5.74, 6) is -0.330. The fourth-order valence-corrected chi connectivity index (χ4v) is 2.11. The first kappa shape index (κ1) is 15.0. The van der Waals surface area contributed by atoms with Gasteiger partial charge in [0.1, 0.15) is 0 Å². The SMILES string of the molecule is CCC(NC(=O)c1cc(Cl)ccc1I)/C(N)=N/O. The molecule has 0 bridgehead atoms. The van der Waals surface area contributed by atoms with Crippen LogP contribution in [-0.4, -0.2) is 23.0 Å². The molecule has 98 valence electrons. The van der Waals surface area contributed by atoms with Crippen molar-refractivity contribution in [3.63, 3.8) is 0 Å². The molecule has 4 N–H and O–H groups in total. The molecular formula is C11H13ClIN3O2. The Morgan fingerprint density at radius 3 is 2.89 bits per heavy atom. The number of halogens is 2. The van der Waals surface area contributed by atoms with Crippen molar-refractivity contribution in [2.24, 2.45) is 10.9 Å². The lowest BCUT2D eigenvalue weighted by Gasteiger charge is -2.16. The molecule has 1 atom stereocenters. The van der Waals surface area contributed by atoms with Crippen molar-refractivity contribution in [2.75, 3.05) is 0 Å². The van der Waals surface area contributed by atoms with Gasteiger partial charge in [0.05, 0.1) is 11.6 Å². The number of rotatable bonds is 4. The second kappa shape index (κ2) is 6.79. The van der Waals surface area contributed by atoms with E-state index in [0.717, 1.165) is 3.57 Å². The quantitative estimate of drug-likeness (QED) is 0.246. The Labute approximate surface area is 124 Å². The Kier molecular flexibility index (Phi) is 5.67.